The molecule has 0 saturated carbocycles. The third-order valence-corrected chi connectivity index (χ3v) is 8.49. The average Bonchev–Trinajstić information content (AvgIpc) is 3.73. The van der Waals surface area contributed by atoms with E-state index in [-0.39, 0.29) is 35.6 Å². The summed E-state index contributed by atoms with van der Waals surface area (Å²) in [6, 6.07) is 33.1. The minimum absolute atomic E-state index is 0. The summed E-state index contributed by atoms with van der Waals surface area (Å²) in [5.74, 6) is 1.28. The van der Waals surface area contributed by atoms with E-state index in [1.54, 1.807) is 0 Å². The zero-order valence-electron chi connectivity index (χ0n) is 32.7. The predicted octanol–water partition coefficient (Wildman–Crippen LogP) is 13.6. The fourth-order valence-corrected chi connectivity index (χ4v) is 5.93. The van der Waals surface area contributed by atoms with Crippen LogP contribution in [0, 0.1) is 38.1 Å². The summed E-state index contributed by atoms with van der Waals surface area (Å²) in [6.45, 7) is 27.0. The van der Waals surface area contributed by atoms with Crippen molar-refractivity contribution in [2.24, 2.45) is 0 Å². The van der Waals surface area contributed by atoms with Gasteiger partial charge in [-0.3, -0.25) is 6.08 Å². The van der Waals surface area contributed by atoms with Crippen molar-refractivity contribution in [3.63, 3.8) is 0 Å². The van der Waals surface area contributed by atoms with Crippen molar-refractivity contribution in [3.05, 3.63) is 154 Å². The molecule has 4 aromatic carbocycles. The number of hydrogen-bond acceptors (Lipinski definition) is 0. The van der Waals surface area contributed by atoms with Crippen molar-refractivity contribution < 1.29 is 24.2 Å². The Kier molecular flexibility index (Phi) is 21.5. The van der Waals surface area contributed by atoms with Gasteiger partial charge < -0.3 is 0 Å². The molecular weight excluding hydrogens is 727 g/mol. The van der Waals surface area contributed by atoms with E-state index in [2.05, 4.69) is 160 Å². The molecule has 0 aromatic heterocycles. The molecule has 0 unspecified atom stereocenters. The predicted molar refractivity (Wildman–Crippen MR) is 222 cm³/mol. The van der Waals surface area contributed by atoms with Gasteiger partial charge in [-0.2, -0.15) is 95.6 Å². The maximum atomic E-state index is 3.69. The number of benzene rings is 4. The molecule has 0 fully saturated rings. The van der Waals surface area contributed by atoms with E-state index < -0.39 is 0 Å². The van der Waals surface area contributed by atoms with Crippen LogP contribution >= 0.6 is 24.8 Å². The molecule has 0 N–H and O–H groups in total. The average molecular weight is 787 g/mol. The normalized spacial score (nSPS) is 11.9. The van der Waals surface area contributed by atoms with Gasteiger partial charge in [0.2, 0.25) is 0 Å². The molecule has 0 amide bonds. The summed E-state index contributed by atoms with van der Waals surface area (Å²) < 4.78 is 3.34. The number of halogens is 2. The van der Waals surface area contributed by atoms with Gasteiger partial charge in [-0.25, -0.2) is 12.2 Å². The van der Waals surface area contributed by atoms with Crippen LogP contribution in [0.25, 0.3) is 11.1 Å². The van der Waals surface area contributed by atoms with Crippen molar-refractivity contribution in [2.45, 2.75) is 119 Å². The molecular formula is C47H60Cl2Zr-4. The van der Waals surface area contributed by atoms with Gasteiger partial charge in [0.25, 0.3) is 0 Å². The summed E-state index contributed by atoms with van der Waals surface area (Å²) in [5.41, 5.74) is 14.4. The van der Waals surface area contributed by atoms with E-state index in [1.807, 2.05) is 36.4 Å². The van der Waals surface area contributed by atoms with Crippen LogP contribution in [0.5, 0.6) is 0 Å². The Morgan fingerprint density at radius 1 is 0.680 bits per heavy atom. The number of aryl methyl sites for hydroxylation is 2. The monoisotopic (exact) mass is 784 g/mol. The quantitative estimate of drug-likeness (QED) is 0.156. The molecule has 3 heteroatoms. The van der Waals surface area contributed by atoms with Crippen LogP contribution in [0.4, 0.5) is 0 Å². The topological polar surface area (TPSA) is 0 Å². The molecule has 2 aliphatic carbocycles. The first kappa shape index (κ1) is 47.7. The Labute approximate surface area is 334 Å². The van der Waals surface area contributed by atoms with Gasteiger partial charge in [-0.1, -0.05) is 99.3 Å². The van der Waals surface area contributed by atoms with Crippen LogP contribution < -0.4 is 0 Å². The maximum absolute atomic E-state index is 3.69. The van der Waals surface area contributed by atoms with Crippen molar-refractivity contribution in [3.8, 4) is 11.1 Å². The fourth-order valence-electron chi connectivity index (χ4n) is 5.93. The summed E-state index contributed by atoms with van der Waals surface area (Å²) in [7, 11) is 0. The van der Waals surface area contributed by atoms with Gasteiger partial charge in [0.15, 0.2) is 0 Å². The number of allylic oxidation sites excluding steroid dienone is 4. The molecule has 0 bridgehead atoms. The van der Waals surface area contributed by atoms with Gasteiger partial charge in [0.1, 0.15) is 0 Å². The van der Waals surface area contributed by atoms with Crippen LogP contribution in [-0.4, -0.2) is 4.21 Å². The molecule has 0 aliphatic heterocycles. The second-order valence-corrected chi connectivity index (χ2v) is 15.2. The number of fused-ring (bicyclic) bond motifs is 3. The van der Waals surface area contributed by atoms with E-state index >= 15 is 0 Å². The second-order valence-electron chi connectivity index (χ2n) is 15.2. The molecule has 50 heavy (non-hydrogen) atoms. The van der Waals surface area contributed by atoms with Gasteiger partial charge in [0.05, 0.1) is 0 Å². The molecule has 0 atom stereocenters. The fraction of sp³-hybridized carbons (Fsp3) is 0.383. The van der Waals surface area contributed by atoms with E-state index in [9.17, 15) is 0 Å². The molecule has 0 nitrogen and oxygen atoms in total. The molecule has 0 radical (unpaired) electrons. The van der Waals surface area contributed by atoms with Gasteiger partial charge >= 0.3 is 28.4 Å². The van der Waals surface area contributed by atoms with Crippen molar-refractivity contribution in [1.29, 1.82) is 0 Å². The van der Waals surface area contributed by atoms with Gasteiger partial charge in [-0.05, 0) is 47.3 Å². The van der Waals surface area contributed by atoms with E-state index in [1.165, 1.54) is 79.9 Å². The first-order chi connectivity index (χ1) is 22.6. The molecule has 0 saturated heterocycles. The molecule has 4 aromatic rings. The molecule has 6 rings (SSSR count). The van der Waals surface area contributed by atoms with Gasteiger partial charge in [0, 0.05) is 0 Å². The summed E-state index contributed by atoms with van der Waals surface area (Å²) in [6.07, 6.45) is 11.0. The number of hydrogen-bond donors (Lipinski definition) is 0. The van der Waals surface area contributed by atoms with Crippen LogP contribution in [0.15, 0.2) is 85.0 Å². The van der Waals surface area contributed by atoms with E-state index in [0.29, 0.717) is 11.8 Å². The second kappa shape index (κ2) is 22.6. The SMILES string of the molecule is CC(C)c1cc[c-]cc1.CC(C)c1cc[c-]cc1.Cc1[c-]c2c(cc1C(C)(C)C)-c1cc(C(C)(C)C)c(C)cc1C2.Cl.Cl.[C-]1=CC=CC1.[CH2]=[Zr]. The van der Waals surface area contributed by atoms with Crippen molar-refractivity contribution >= 4 is 29.0 Å². The van der Waals surface area contributed by atoms with Gasteiger partial charge in [-0.15, -0.1) is 47.9 Å². The Morgan fingerprint density at radius 3 is 1.48 bits per heavy atom. The molecule has 0 heterocycles. The van der Waals surface area contributed by atoms with Crippen molar-refractivity contribution in [2.75, 3.05) is 0 Å². The zero-order valence-corrected chi connectivity index (χ0v) is 36.8. The summed E-state index contributed by atoms with van der Waals surface area (Å²) in [5, 5.41) is 0. The molecule has 2 aliphatic rings. The van der Waals surface area contributed by atoms with Crippen LogP contribution in [0.2, 0.25) is 0 Å². The van der Waals surface area contributed by atoms with Crippen molar-refractivity contribution in [1.82, 2.24) is 0 Å². The third-order valence-electron chi connectivity index (χ3n) is 8.49. The summed E-state index contributed by atoms with van der Waals surface area (Å²) in [4.78, 5) is 0. The van der Waals surface area contributed by atoms with E-state index in [4.69, 9.17) is 0 Å². The Morgan fingerprint density at radius 2 is 1.14 bits per heavy atom. The van der Waals surface area contributed by atoms with Crippen LogP contribution in [0.3, 0.4) is 0 Å². The Balaban J connectivity index is 0.000000733. The minimum atomic E-state index is 0. The molecule has 270 valence electrons. The zero-order chi connectivity index (χ0) is 36.1. The van der Waals surface area contributed by atoms with E-state index in [0.717, 1.165) is 12.8 Å². The Bertz CT molecular complexity index is 1500. The standard InChI is InChI=1S/C23H29.2C9H11.C5H5.CH2.2ClH.Zr/c1-14-9-16-11-17-10-15(2)21(23(6,7)8)13-19(17)18(16)12-20(14)22(3,4)5;2*1-8(2)9-6-4-3-5-7-9;1-2-4-5-3-1;;;;/h9,12-13H,11H2,1-8H3;2*4-8H,1-2H3;1-3H,4H2;1H2;2*1H;/q4*-1;;;;. The summed E-state index contributed by atoms with van der Waals surface area (Å²) >= 11 is 1.30. The van der Waals surface area contributed by atoms with Crippen LogP contribution in [0.1, 0.15) is 132 Å². The first-order valence-corrected chi connectivity index (χ1v) is 19.0. The number of rotatable bonds is 2. The first-order valence-electron chi connectivity index (χ1n) is 17.3. The van der Waals surface area contributed by atoms with Crippen LogP contribution in [-0.2, 0) is 41.5 Å². The Hall–Kier alpha value is -2.31. The molecule has 0 spiro atoms. The third kappa shape index (κ3) is 14.7.